The Balaban J connectivity index is 2.18. The van der Waals surface area contributed by atoms with E-state index in [2.05, 4.69) is 6.92 Å². The van der Waals surface area contributed by atoms with Crippen LogP contribution in [0.25, 0.3) is 0 Å². The minimum Gasteiger partial charge on any atom is -0.508 e. The lowest BCUT2D eigenvalue weighted by Crippen LogP contribution is -2.06. The van der Waals surface area contributed by atoms with Gasteiger partial charge < -0.3 is 19.7 Å². The maximum Gasteiger partial charge on any atom is 0.201 e. The molecule has 0 aromatic heterocycles. The van der Waals surface area contributed by atoms with Gasteiger partial charge in [-0.1, -0.05) is 19.1 Å². The highest BCUT2D eigenvalue weighted by molar-refractivity contribution is 5.63. The van der Waals surface area contributed by atoms with Gasteiger partial charge in [0.1, 0.15) is 5.75 Å². The Hall–Kier alpha value is -2.36. The fourth-order valence-corrected chi connectivity index (χ4v) is 3.49. The van der Waals surface area contributed by atoms with E-state index < -0.39 is 0 Å². The van der Waals surface area contributed by atoms with Crippen LogP contribution in [0.2, 0.25) is 0 Å². The summed E-state index contributed by atoms with van der Waals surface area (Å²) in [6.07, 6.45) is 0.897. The van der Waals surface area contributed by atoms with Crippen LogP contribution in [0.3, 0.4) is 0 Å². The fourth-order valence-electron chi connectivity index (χ4n) is 3.49. The molecule has 0 spiro atoms. The second-order valence-electron chi connectivity index (χ2n) is 5.78. The van der Waals surface area contributed by atoms with Crippen molar-refractivity contribution in [1.29, 1.82) is 0 Å². The Morgan fingerprint density at radius 3 is 2.32 bits per heavy atom. The Morgan fingerprint density at radius 2 is 1.73 bits per heavy atom. The summed E-state index contributed by atoms with van der Waals surface area (Å²) in [5, 5.41) is 19.9. The number of ether oxygens (including phenoxy) is 2. The molecule has 0 unspecified atom stereocenters. The average molecular weight is 300 g/mol. The Kier molecular flexibility index (Phi) is 3.61. The van der Waals surface area contributed by atoms with Crippen molar-refractivity contribution in [2.45, 2.75) is 19.3 Å². The third-order valence-corrected chi connectivity index (χ3v) is 4.44. The van der Waals surface area contributed by atoms with Gasteiger partial charge in [0.25, 0.3) is 0 Å². The lowest BCUT2D eigenvalue weighted by Gasteiger charge is -2.20. The highest BCUT2D eigenvalue weighted by Crippen LogP contribution is 2.52. The van der Waals surface area contributed by atoms with Gasteiger partial charge in [0.15, 0.2) is 11.5 Å². The monoisotopic (exact) mass is 300 g/mol. The molecular formula is C18H20O4. The fraction of sp³-hybridized carbons (Fsp3) is 0.333. The van der Waals surface area contributed by atoms with Gasteiger partial charge in [-0.25, -0.2) is 0 Å². The zero-order valence-corrected chi connectivity index (χ0v) is 13.0. The predicted octanol–water partition coefficient (Wildman–Crippen LogP) is 3.44. The first kappa shape index (κ1) is 14.6. The normalized spacial score (nSPS) is 19.8. The van der Waals surface area contributed by atoms with Crippen molar-refractivity contribution in [3.63, 3.8) is 0 Å². The smallest absolute Gasteiger partial charge is 0.201 e. The number of fused-ring (bicyclic) bond motifs is 1. The summed E-state index contributed by atoms with van der Waals surface area (Å²) in [5.74, 6) is 1.72. The number of phenols is 2. The molecule has 0 bridgehead atoms. The number of hydrogen-bond donors (Lipinski definition) is 2. The van der Waals surface area contributed by atoms with Gasteiger partial charge in [0.2, 0.25) is 5.75 Å². The largest absolute Gasteiger partial charge is 0.508 e. The van der Waals surface area contributed by atoms with Gasteiger partial charge in [-0.2, -0.15) is 0 Å². The van der Waals surface area contributed by atoms with Gasteiger partial charge in [0.05, 0.1) is 14.2 Å². The van der Waals surface area contributed by atoms with E-state index in [1.54, 1.807) is 19.2 Å². The third-order valence-electron chi connectivity index (χ3n) is 4.44. The zero-order chi connectivity index (χ0) is 15.9. The van der Waals surface area contributed by atoms with Crippen molar-refractivity contribution in [3.8, 4) is 23.0 Å². The minimum atomic E-state index is 0.0432. The summed E-state index contributed by atoms with van der Waals surface area (Å²) in [6, 6.07) is 9.12. The van der Waals surface area contributed by atoms with Gasteiger partial charge in [-0.3, -0.25) is 0 Å². The number of methoxy groups -OCH3 is 2. The molecule has 4 nitrogen and oxygen atoms in total. The molecule has 2 aromatic rings. The molecule has 22 heavy (non-hydrogen) atoms. The van der Waals surface area contributed by atoms with Crippen molar-refractivity contribution in [2.75, 3.05) is 14.2 Å². The van der Waals surface area contributed by atoms with Crippen LogP contribution in [0.5, 0.6) is 23.0 Å². The van der Waals surface area contributed by atoms with Crippen LogP contribution in [0.15, 0.2) is 30.3 Å². The van der Waals surface area contributed by atoms with E-state index in [0.717, 1.165) is 23.1 Å². The molecule has 0 aliphatic heterocycles. The molecule has 0 saturated heterocycles. The Morgan fingerprint density at radius 1 is 1.05 bits per heavy atom. The van der Waals surface area contributed by atoms with Gasteiger partial charge in [-0.05, 0) is 41.7 Å². The third kappa shape index (κ3) is 2.15. The highest BCUT2D eigenvalue weighted by atomic mass is 16.5. The predicted molar refractivity (Wildman–Crippen MR) is 84.0 cm³/mol. The van der Waals surface area contributed by atoms with Gasteiger partial charge in [0, 0.05) is 11.5 Å². The standard InChI is InChI=1S/C18H20O4/c1-10-8-12-9-14(21-2)17(20)18(22-3)16(12)15(10)11-4-6-13(19)7-5-11/h4-7,9-10,15,19-20H,8H2,1-3H3/t10-,15-/m0/s1. The molecule has 3 rings (SSSR count). The number of hydrogen-bond acceptors (Lipinski definition) is 4. The molecule has 0 saturated carbocycles. The van der Waals surface area contributed by atoms with E-state index in [1.165, 1.54) is 7.11 Å². The average Bonchev–Trinajstić information content (AvgIpc) is 2.83. The first-order chi connectivity index (χ1) is 10.6. The Bertz CT molecular complexity index is 691. The molecule has 1 aliphatic rings. The number of aromatic hydroxyl groups is 2. The number of rotatable bonds is 3. The van der Waals surface area contributed by atoms with E-state index in [0.29, 0.717) is 17.4 Å². The van der Waals surface area contributed by atoms with E-state index >= 15 is 0 Å². The van der Waals surface area contributed by atoms with Crippen LogP contribution in [-0.4, -0.2) is 24.4 Å². The molecule has 2 aromatic carbocycles. The first-order valence-corrected chi connectivity index (χ1v) is 7.32. The molecular weight excluding hydrogens is 280 g/mol. The van der Waals surface area contributed by atoms with Crippen molar-refractivity contribution >= 4 is 0 Å². The SMILES string of the molecule is COc1cc2c(c(OC)c1O)[C@H](c1ccc(O)cc1)[C@@H](C)C2. The molecule has 1 aliphatic carbocycles. The lowest BCUT2D eigenvalue weighted by molar-refractivity contribution is 0.336. The van der Waals surface area contributed by atoms with Crippen LogP contribution in [0, 0.1) is 5.92 Å². The number of phenolic OH excluding ortho intramolecular Hbond substituents is 2. The van der Waals surface area contributed by atoms with E-state index in [4.69, 9.17) is 9.47 Å². The van der Waals surface area contributed by atoms with Gasteiger partial charge >= 0.3 is 0 Å². The summed E-state index contributed by atoms with van der Waals surface area (Å²) >= 11 is 0. The maximum absolute atomic E-state index is 10.4. The molecule has 116 valence electrons. The van der Waals surface area contributed by atoms with Crippen LogP contribution in [0.4, 0.5) is 0 Å². The van der Waals surface area contributed by atoms with Crippen LogP contribution in [-0.2, 0) is 6.42 Å². The van der Waals surface area contributed by atoms with Crippen LogP contribution >= 0.6 is 0 Å². The molecule has 0 amide bonds. The van der Waals surface area contributed by atoms with Crippen molar-refractivity contribution < 1.29 is 19.7 Å². The zero-order valence-electron chi connectivity index (χ0n) is 13.0. The number of benzene rings is 2. The summed E-state index contributed by atoms with van der Waals surface area (Å²) in [5.41, 5.74) is 3.25. The quantitative estimate of drug-likeness (QED) is 0.911. The van der Waals surface area contributed by atoms with Gasteiger partial charge in [-0.15, -0.1) is 0 Å². The molecule has 2 atom stereocenters. The van der Waals surface area contributed by atoms with Crippen LogP contribution in [0.1, 0.15) is 29.5 Å². The lowest BCUT2D eigenvalue weighted by atomic mass is 9.86. The molecule has 0 radical (unpaired) electrons. The Labute approximate surface area is 129 Å². The molecule has 0 heterocycles. The van der Waals surface area contributed by atoms with Crippen molar-refractivity contribution in [1.82, 2.24) is 0 Å². The van der Waals surface area contributed by atoms with E-state index in [-0.39, 0.29) is 17.4 Å². The molecule has 4 heteroatoms. The van der Waals surface area contributed by atoms with E-state index in [1.807, 2.05) is 18.2 Å². The van der Waals surface area contributed by atoms with Crippen molar-refractivity contribution in [3.05, 3.63) is 47.0 Å². The summed E-state index contributed by atoms with van der Waals surface area (Å²) in [7, 11) is 3.10. The minimum absolute atomic E-state index is 0.0432. The second-order valence-corrected chi connectivity index (χ2v) is 5.78. The summed E-state index contributed by atoms with van der Waals surface area (Å²) in [4.78, 5) is 0. The van der Waals surface area contributed by atoms with E-state index in [9.17, 15) is 10.2 Å². The highest BCUT2D eigenvalue weighted by Gasteiger charge is 2.36. The van der Waals surface area contributed by atoms with Crippen molar-refractivity contribution in [2.24, 2.45) is 5.92 Å². The molecule has 0 fully saturated rings. The summed E-state index contributed by atoms with van der Waals surface area (Å²) in [6.45, 7) is 2.18. The topological polar surface area (TPSA) is 58.9 Å². The first-order valence-electron chi connectivity index (χ1n) is 7.32. The second kappa shape index (κ2) is 5.44. The maximum atomic E-state index is 10.4. The molecule has 2 N–H and O–H groups in total. The van der Waals surface area contributed by atoms with Crippen LogP contribution < -0.4 is 9.47 Å². The summed E-state index contributed by atoms with van der Waals surface area (Å²) < 4.78 is 10.7.